The smallest absolute Gasteiger partial charge is 0.332 e. The van der Waals surface area contributed by atoms with Gasteiger partial charge in [0.15, 0.2) is 0 Å². The van der Waals surface area contributed by atoms with Crippen molar-refractivity contribution in [1.82, 2.24) is 10.3 Å². The normalized spacial score (nSPS) is 10.5. The second-order valence-electron chi connectivity index (χ2n) is 5.56. The summed E-state index contributed by atoms with van der Waals surface area (Å²) in [5.74, 6) is -0.356. The zero-order chi connectivity index (χ0) is 19.4. The highest BCUT2D eigenvalue weighted by Crippen LogP contribution is 2.33. The molecule has 0 unspecified atom stereocenters. The molecule has 1 aromatic heterocycles. The maximum Gasteiger partial charge on any atom is 0.332 e. The average molecular weight is 422 g/mol. The fraction of sp³-hybridized carbons (Fsp3) is 0.0526. The second kappa shape index (κ2) is 8.61. The van der Waals surface area contributed by atoms with Gasteiger partial charge in [-0.2, -0.15) is 0 Å². The van der Waals surface area contributed by atoms with Gasteiger partial charge in [-0.15, -0.1) is 0 Å². The van der Waals surface area contributed by atoms with Gasteiger partial charge >= 0.3 is 6.03 Å². The summed E-state index contributed by atoms with van der Waals surface area (Å²) in [5.41, 5.74) is 2.31. The van der Waals surface area contributed by atoms with Crippen LogP contribution in [0.25, 0.3) is 11.3 Å². The van der Waals surface area contributed by atoms with Crippen molar-refractivity contribution in [3.05, 3.63) is 82.2 Å². The summed E-state index contributed by atoms with van der Waals surface area (Å²) >= 11 is 16.3. The van der Waals surface area contributed by atoms with Gasteiger partial charge in [0, 0.05) is 18.3 Å². The number of aromatic nitrogens is 1. The number of rotatable bonds is 4. The molecule has 138 valence electrons. The average Bonchev–Trinajstić information content (AvgIpc) is 2.68. The van der Waals surface area contributed by atoms with E-state index in [1.54, 1.807) is 42.6 Å². The first kappa shape index (κ1) is 19.5. The van der Waals surface area contributed by atoms with Crippen LogP contribution >= 0.6 is 36.0 Å². The van der Waals surface area contributed by atoms with Crippen LogP contribution in [0.15, 0.2) is 60.8 Å². The number of halogens is 3. The summed E-state index contributed by atoms with van der Waals surface area (Å²) < 4.78 is 14.6. The van der Waals surface area contributed by atoms with Crippen molar-refractivity contribution in [1.29, 1.82) is 0 Å². The van der Waals surface area contributed by atoms with E-state index >= 15 is 0 Å². The molecule has 0 saturated carbocycles. The molecule has 0 spiro atoms. The number of anilines is 1. The molecule has 0 atom stereocenters. The molecule has 0 saturated heterocycles. The van der Waals surface area contributed by atoms with E-state index in [4.69, 9.17) is 23.2 Å². The third-order valence-electron chi connectivity index (χ3n) is 3.77. The van der Waals surface area contributed by atoms with Crippen LogP contribution in [0.1, 0.15) is 5.56 Å². The lowest BCUT2D eigenvalue weighted by Crippen LogP contribution is -2.33. The molecule has 0 aliphatic heterocycles. The van der Waals surface area contributed by atoms with Crippen molar-refractivity contribution in [2.24, 2.45) is 0 Å². The lowest BCUT2D eigenvalue weighted by Gasteiger charge is -2.19. The van der Waals surface area contributed by atoms with Crippen molar-refractivity contribution < 1.29 is 9.18 Å². The highest BCUT2D eigenvalue weighted by Gasteiger charge is 2.17. The van der Waals surface area contributed by atoms with Crippen LogP contribution in [0.3, 0.4) is 0 Å². The number of pyridine rings is 1. The van der Waals surface area contributed by atoms with E-state index in [0.29, 0.717) is 22.0 Å². The Morgan fingerprint density at radius 1 is 1.15 bits per heavy atom. The molecule has 3 aromatic rings. The van der Waals surface area contributed by atoms with Gasteiger partial charge in [-0.1, -0.05) is 60.3 Å². The predicted octanol–water partition coefficient (Wildman–Crippen LogP) is 5.76. The number of nitrogens with one attached hydrogen (secondary N) is 1. The van der Waals surface area contributed by atoms with Crippen LogP contribution in [0.2, 0.25) is 10.0 Å². The molecule has 0 radical (unpaired) electrons. The molecule has 2 amide bonds. The first-order chi connectivity index (χ1) is 13.0. The quantitative estimate of drug-likeness (QED) is 0.526. The molecular weight excluding hydrogens is 408 g/mol. The molecule has 3 rings (SSSR count). The molecular formula is C19H14Cl2FN3OS. The van der Waals surface area contributed by atoms with E-state index in [1.165, 1.54) is 12.1 Å². The lowest BCUT2D eigenvalue weighted by atomic mass is 10.1. The Balaban J connectivity index is 1.77. The molecule has 2 aromatic carbocycles. The summed E-state index contributed by atoms with van der Waals surface area (Å²) in [4.78, 5) is 16.7. The SMILES string of the molecule is O=C(NCc1cccnc1-c1cccc(F)c1)N(S)c1cccc(Cl)c1Cl. The number of carbonyl (C=O) groups is 1. The topological polar surface area (TPSA) is 45.2 Å². The van der Waals surface area contributed by atoms with Gasteiger partial charge in [0.05, 0.1) is 21.4 Å². The standard InChI is InChI=1S/C19H14Cl2FN3OS/c20-15-7-2-8-16(17(15)21)25(27)19(26)24-11-13-5-3-9-23-18(13)12-4-1-6-14(22)10-12/h1-10,27H,11H2,(H,24,26). The number of urea groups is 1. The molecule has 4 nitrogen and oxygen atoms in total. The third-order valence-corrected chi connectivity index (χ3v) is 4.98. The van der Waals surface area contributed by atoms with Crippen LogP contribution in [-0.4, -0.2) is 11.0 Å². The molecule has 0 bridgehead atoms. The Morgan fingerprint density at radius 3 is 2.70 bits per heavy atom. The minimum atomic E-state index is -0.489. The predicted molar refractivity (Wildman–Crippen MR) is 110 cm³/mol. The summed E-state index contributed by atoms with van der Waals surface area (Å²) in [7, 11) is 0. The fourth-order valence-electron chi connectivity index (χ4n) is 2.49. The Bertz CT molecular complexity index is 987. The van der Waals surface area contributed by atoms with Crippen molar-refractivity contribution in [3.63, 3.8) is 0 Å². The van der Waals surface area contributed by atoms with Crippen molar-refractivity contribution in [3.8, 4) is 11.3 Å². The van der Waals surface area contributed by atoms with E-state index in [1.807, 2.05) is 6.07 Å². The summed E-state index contributed by atoms with van der Waals surface area (Å²) in [6, 6.07) is 14.1. The number of carbonyl (C=O) groups excluding carboxylic acids is 1. The van der Waals surface area contributed by atoms with Gasteiger partial charge in [0.2, 0.25) is 0 Å². The number of benzene rings is 2. The third kappa shape index (κ3) is 4.53. The van der Waals surface area contributed by atoms with Gasteiger partial charge in [0.1, 0.15) is 5.82 Å². The van der Waals surface area contributed by atoms with Gasteiger partial charge < -0.3 is 5.32 Å². The van der Waals surface area contributed by atoms with Crippen LogP contribution in [0, 0.1) is 5.82 Å². The maximum atomic E-state index is 13.5. The first-order valence-corrected chi connectivity index (χ1v) is 9.03. The lowest BCUT2D eigenvalue weighted by molar-refractivity contribution is 0.249. The molecule has 0 aliphatic rings. The minimum Gasteiger partial charge on any atom is -0.333 e. The Kier molecular flexibility index (Phi) is 6.21. The Morgan fingerprint density at radius 2 is 1.93 bits per heavy atom. The summed E-state index contributed by atoms with van der Waals surface area (Å²) in [6.07, 6.45) is 1.61. The highest BCUT2D eigenvalue weighted by atomic mass is 35.5. The van der Waals surface area contributed by atoms with Crippen LogP contribution in [0.5, 0.6) is 0 Å². The highest BCUT2D eigenvalue weighted by molar-refractivity contribution is 7.82. The molecule has 0 fully saturated rings. The van der Waals surface area contributed by atoms with E-state index in [0.717, 1.165) is 9.87 Å². The fourth-order valence-corrected chi connectivity index (χ4v) is 3.16. The molecule has 0 aliphatic carbocycles. The van der Waals surface area contributed by atoms with Gasteiger partial charge in [0.25, 0.3) is 0 Å². The second-order valence-corrected chi connectivity index (χ2v) is 6.75. The molecule has 1 heterocycles. The molecule has 1 N–H and O–H groups in total. The zero-order valence-electron chi connectivity index (χ0n) is 13.9. The van der Waals surface area contributed by atoms with Crippen molar-refractivity contribution >= 4 is 47.7 Å². The Hall–Kier alpha value is -2.28. The number of hydrogen-bond donors (Lipinski definition) is 2. The first-order valence-electron chi connectivity index (χ1n) is 7.88. The van der Waals surface area contributed by atoms with E-state index in [2.05, 4.69) is 23.1 Å². The summed E-state index contributed by atoms with van der Waals surface area (Å²) in [5, 5.41) is 3.29. The van der Waals surface area contributed by atoms with Gasteiger partial charge in [-0.3, -0.25) is 4.98 Å². The van der Waals surface area contributed by atoms with Crippen LogP contribution < -0.4 is 9.62 Å². The van der Waals surface area contributed by atoms with E-state index < -0.39 is 6.03 Å². The monoisotopic (exact) mass is 421 g/mol. The summed E-state index contributed by atoms with van der Waals surface area (Å²) in [6.45, 7) is 0.174. The van der Waals surface area contributed by atoms with Crippen LogP contribution in [-0.2, 0) is 6.54 Å². The number of nitrogens with zero attached hydrogens (tertiary/aromatic N) is 2. The van der Waals surface area contributed by atoms with Gasteiger partial charge in [-0.25, -0.2) is 13.5 Å². The molecule has 8 heteroatoms. The minimum absolute atomic E-state index is 0.174. The van der Waals surface area contributed by atoms with Crippen molar-refractivity contribution in [2.45, 2.75) is 6.54 Å². The Labute approximate surface area is 171 Å². The van der Waals surface area contributed by atoms with Crippen molar-refractivity contribution in [2.75, 3.05) is 4.31 Å². The zero-order valence-corrected chi connectivity index (χ0v) is 16.3. The maximum absolute atomic E-state index is 13.5. The largest absolute Gasteiger partial charge is 0.333 e. The number of hydrogen-bond acceptors (Lipinski definition) is 3. The van der Waals surface area contributed by atoms with Gasteiger partial charge in [-0.05, 0) is 35.9 Å². The van der Waals surface area contributed by atoms with E-state index in [9.17, 15) is 9.18 Å². The van der Waals surface area contributed by atoms with E-state index in [-0.39, 0.29) is 17.4 Å². The number of thiol groups is 1. The van der Waals surface area contributed by atoms with Crippen LogP contribution in [0.4, 0.5) is 14.9 Å². The number of amides is 2. The molecule has 27 heavy (non-hydrogen) atoms.